The van der Waals surface area contributed by atoms with Crippen molar-refractivity contribution < 1.29 is 30.7 Å². The topological polar surface area (TPSA) is 102 Å². The minimum Gasteiger partial charge on any atom is -0.495 e. The maximum Gasteiger partial charge on any atom is 0.394 e. The predicted octanol–water partition coefficient (Wildman–Crippen LogP) is 3.60. The number of nitrogens with zero attached hydrogens (tertiary/aromatic N) is 3. The maximum atomic E-state index is 14.9. The van der Waals surface area contributed by atoms with Gasteiger partial charge in [-0.05, 0) is 44.1 Å². The van der Waals surface area contributed by atoms with E-state index in [2.05, 4.69) is 22.1 Å². The summed E-state index contributed by atoms with van der Waals surface area (Å²) in [7, 11) is -0.226. The Morgan fingerprint density at radius 2 is 2.05 bits per heavy atom. The summed E-state index contributed by atoms with van der Waals surface area (Å²) >= 11 is 0. The molecule has 3 N–H and O–H groups in total. The fourth-order valence-corrected chi connectivity index (χ4v) is 5.52. The molecule has 0 radical (unpaired) electrons. The Hall–Kier alpha value is -3.34. The summed E-state index contributed by atoms with van der Waals surface area (Å²) in [5.41, 5.74) is 7.42. The average molecular weight is 582 g/mol. The third-order valence-corrected chi connectivity index (χ3v) is 8.05. The first kappa shape index (κ1) is 29.6. The molecular weight excluding hydrogens is 550 g/mol. The van der Waals surface area contributed by atoms with E-state index < -0.39 is 40.6 Å². The Kier molecular flexibility index (Phi) is 8.63. The molecule has 0 bridgehead atoms. The van der Waals surface area contributed by atoms with Gasteiger partial charge in [0.15, 0.2) is 9.84 Å². The molecule has 40 heavy (non-hydrogen) atoms. The molecule has 1 fully saturated rings. The third kappa shape index (κ3) is 6.68. The van der Waals surface area contributed by atoms with Crippen molar-refractivity contribution in [2.45, 2.75) is 36.1 Å². The predicted molar refractivity (Wildman–Crippen MR) is 144 cm³/mol. The summed E-state index contributed by atoms with van der Waals surface area (Å²) < 4.78 is 85.7. The second-order valence-corrected chi connectivity index (χ2v) is 11.9. The molecule has 0 saturated carbocycles. The van der Waals surface area contributed by atoms with Crippen molar-refractivity contribution in [2.24, 2.45) is 11.7 Å². The van der Waals surface area contributed by atoms with Gasteiger partial charge in [-0.1, -0.05) is 12.0 Å². The molecule has 1 saturated heterocycles. The molecule has 0 unspecified atom stereocenters. The van der Waals surface area contributed by atoms with Gasteiger partial charge in [-0.3, -0.25) is 0 Å². The lowest BCUT2D eigenvalue weighted by Crippen LogP contribution is -2.43. The van der Waals surface area contributed by atoms with Crippen LogP contribution in [0.4, 0.5) is 23.2 Å². The first-order valence-corrected chi connectivity index (χ1v) is 14.4. The number of pyridine rings is 1. The van der Waals surface area contributed by atoms with Gasteiger partial charge >= 0.3 is 6.18 Å². The van der Waals surface area contributed by atoms with Gasteiger partial charge in [-0.15, -0.1) is 0 Å². The minimum absolute atomic E-state index is 0.0133. The van der Waals surface area contributed by atoms with Crippen molar-refractivity contribution in [3.8, 4) is 17.6 Å². The number of methoxy groups -OCH3 is 1. The lowest BCUT2D eigenvalue weighted by molar-refractivity contribution is -0.128. The standard InChI is InChI=1S/C27H31F4N5O3S/c1-35-13-10-18(20(28)16-35)25(32)19-6-5-12-36-23(15-27(29,30)31)21(34-26(19)36)7-4-11-33-22-9-8-17(40(3,37)38)14-24(22)39-2/h5-6,8-9,12,14,18,20,25,33H,10-11,13,15-16,32H2,1-3H3/t18-,20+,25+/m1/s1. The zero-order valence-electron chi connectivity index (χ0n) is 22.3. The number of anilines is 1. The van der Waals surface area contributed by atoms with Gasteiger partial charge in [0.2, 0.25) is 0 Å². The van der Waals surface area contributed by atoms with Crippen molar-refractivity contribution in [1.82, 2.24) is 14.3 Å². The van der Waals surface area contributed by atoms with Crippen LogP contribution in [0, 0.1) is 17.8 Å². The molecule has 3 atom stereocenters. The van der Waals surface area contributed by atoms with Crippen LogP contribution in [0.3, 0.4) is 0 Å². The van der Waals surface area contributed by atoms with Crippen molar-refractivity contribution in [2.75, 3.05) is 45.4 Å². The lowest BCUT2D eigenvalue weighted by atomic mass is 9.85. The molecule has 1 aliphatic heterocycles. The van der Waals surface area contributed by atoms with Crippen LogP contribution in [-0.4, -0.2) is 75.1 Å². The number of hydrogen-bond donors (Lipinski definition) is 2. The largest absolute Gasteiger partial charge is 0.495 e. The van der Waals surface area contributed by atoms with Crippen LogP contribution in [0.2, 0.25) is 0 Å². The van der Waals surface area contributed by atoms with Gasteiger partial charge in [0.05, 0.1) is 36.4 Å². The number of piperidine rings is 1. The van der Waals surface area contributed by atoms with E-state index in [1.165, 1.54) is 35.9 Å². The molecule has 2 aromatic heterocycles. The quantitative estimate of drug-likeness (QED) is 0.325. The number of alkyl halides is 4. The molecule has 3 heterocycles. The van der Waals surface area contributed by atoms with E-state index in [1.54, 1.807) is 12.1 Å². The van der Waals surface area contributed by atoms with Crippen molar-refractivity contribution in [3.05, 3.63) is 53.5 Å². The number of hydrogen-bond acceptors (Lipinski definition) is 7. The molecule has 3 aromatic rings. The van der Waals surface area contributed by atoms with Crippen LogP contribution in [-0.2, 0) is 16.3 Å². The monoisotopic (exact) mass is 581 g/mol. The SMILES string of the molecule is COc1cc(S(C)(=O)=O)ccc1NCC#Cc1nc2c([C@@H](N)[C@@H]3CCN(C)C[C@@H]3F)cccn2c1CC(F)(F)F. The zero-order chi connectivity index (χ0) is 29.2. The summed E-state index contributed by atoms with van der Waals surface area (Å²) in [5, 5.41) is 2.98. The number of benzene rings is 1. The highest BCUT2D eigenvalue weighted by Crippen LogP contribution is 2.34. The van der Waals surface area contributed by atoms with E-state index in [-0.39, 0.29) is 40.8 Å². The number of halogens is 4. The van der Waals surface area contributed by atoms with E-state index in [0.29, 0.717) is 24.2 Å². The van der Waals surface area contributed by atoms with E-state index in [4.69, 9.17) is 10.5 Å². The molecule has 1 aliphatic rings. The first-order valence-electron chi connectivity index (χ1n) is 12.5. The number of likely N-dealkylation sites (tertiary alicyclic amines) is 1. The van der Waals surface area contributed by atoms with Crippen molar-refractivity contribution in [3.63, 3.8) is 0 Å². The highest BCUT2D eigenvalue weighted by atomic mass is 32.2. The lowest BCUT2D eigenvalue weighted by Gasteiger charge is -2.35. The number of nitrogens with one attached hydrogen (secondary N) is 1. The summed E-state index contributed by atoms with van der Waals surface area (Å²) in [6.07, 6.45) is -3.88. The Labute approximate surface area is 230 Å². The van der Waals surface area contributed by atoms with Crippen LogP contribution in [0.1, 0.15) is 29.4 Å². The van der Waals surface area contributed by atoms with Crippen LogP contribution in [0.5, 0.6) is 5.75 Å². The summed E-state index contributed by atoms with van der Waals surface area (Å²) in [5.74, 6) is 5.29. The molecule has 0 spiro atoms. The number of ether oxygens (including phenoxy) is 1. The molecule has 8 nitrogen and oxygen atoms in total. The number of rotatable bonds is 7. The summed E-state index contributed by atoms with van der Waals surface area (Å²) in [6.45, 7) is 0.918. The number of nitrogens with two attached hydrogens (primary N) is 1. The second kappa shape index (κ2) is 11.6. The van der Waals surface area contributed by atoms with Crippen LogP contribution < -0.4 is 15.8 Å². The van der Waals surface area contributed by atoms with Crippen LogP contribution >= 0.6 is 0 Å². The highest BCUT2D eigenvalue weighted by Gasteiger charge is 2.35. The molecule has 4 rings (SSSR count). The van der Waals surface area contributed by atoms with Gasteiger partial charge in [0.25, 0.3) is 0 Å². The number of fused-ring (bicyclic) bond motifs is 1. The first-order chi connectivity index (χ1) is 18.8. The van der Waals surface area contributed by atoms with Crippen molar-refractivity contribution >= 4 is 21.2 Å². The third-order valence-electron chi connectivity index (χ3n) is 6.94. The summed E-state index contributed by atoms with van der Waals surface area (Å²) in [4.78, 5) is 6.38. The zero-order valence-corrected chi connectivity index (χ0v) is 23.1. The maximum absolute atomic E-state index is 14.9. The van der Waals surface area contributed by atoms with E-state index in [9.17, 15) is 26.0 Å². The van der Waals surface area contributed by atoms with E-state index in [0.717, 1.165) is 6.26 Å². The van der Waals surface area contributed by atoms with E-state index >= 15 is 0 Å². The fraction of sp³-hybridized carbons (Fsp3) is 0.444. The molecule has 0 amide bonds. The Morgan fingerprint density at radius 3 is 2.70 bits per heavy atom. The fourth-order valence-electron chi connectivity index (χ4n) is 4.88. The minimum atomic E-state index is -4.52. The number of sulfone groups is 1. The van der Waals surface area contributed by atoms with Gasteiger partial charge in [0.1, 0.15) is 23.3 Å². The Balaban J connectivity index is 1.64. The van der Waals surface area contributed by atoms with Gasteiger partial charge in [-0.2, -0.15) is 13.2 Å². The van der Waals surface area contributed by atoms with Crippen LogP contribution in [0.25, 0.3) is 5.65 Å². The average Bonchev–Trinajstić information content (AvgIpc) is 3.21. The molecule has 0 aliphatic carbocycles. The Morgan fingerprint density at radius 1 is 1.30 bits per heavy atom. The van der Waals surface area contributed by atoms with E-state index in [1.807, 2.05) is 11.9 Å². The van der Waals surface area contributed by atoms with Crippen molar-refractivity contribution in [1.29, 1.82) is 0 Å². The number of imidazole rings is 1. The normalized spacial score (nSPS) is 19.2. The smallest absolute Gasteiger partial charge is 0.394 e. The molecule has 13 heteroatoms. The Bertz CT molecular complexity index is 1550. The van der Waals surface area contributed by atoms with Crippen LogP contribution in [0.15, 0.2) is 41.4 Å². The second-order valence-electron chi connectivity index (χ2n) is 9.90. The van der Waals surface area contributed by atoms with Gasteiger partial charge in [0, 0.05) is 42.6 Å². The molecule has 1 aromatic carbocycles. The number of aromatic nitrogens is 2. The summed E-state index contributed by atoms with van der Waals surface area (Å²) in [6, 6.07) is 6.79. The highest BCUT2D eigenvalue weighted by molar-refractivity contribution is 7.90. The van der Waals surface area contributed by atoms with Gasteiger partial charge < -0.3 is 25.1 Å². The molecule has 216 valence electrons. The van der Waals surface area contributed by atoms with Gasteiger partial charge in [-0.25, -0.2) is 17.8 Å². The molecular formula is C27H31F4N5O3S.